The van der Waals surface area contributed by atoms with E-state index in [-0.39, 0.29) is 5.57 Å². The predicted octanol–water partition coefficient (Wildman–Crippen LogP) is -1.11. The highest BCUT2D eigenvalue weighted by molar-refractivity contribution is 5.93. The number of hydrogen-bond donors (Lipinski definition) is 2. The van der Waals surface area contributed by atoms with Gasteiger partial charge in [-0.2, -0.15) is 0 Å². The van der Waals surface area contributed by atoms with Crippen molar-refractivity contribution in [1.82, 2.24) is 0 Å². The summed E-state index contributed by atoms with van der Waals surface area (Å²) in [7, 11) is 1.14. The molecule has 21 heavy (non-hydrogen) atoms. The molecule has 1 heterocycles. The van der Waals surface area contributed by atoms with Crippen LogP contribution in [0.25, 0.3) is 0 Å². The molecule has 1 aliphatic carbocycles. The van der Waals surface area contributed by atoms with E-state index in [1.165, 1.54) is 6.92 Å². The van der Waals surface area contributed by atoms with Gasteiger partial charge in [0.1, 0.15) is 24.1 Å². The number of carbonyl (C=O) groups is 3. The van der Waals surface area contributed by atoms with Gasteiger partial charge in [-0.15, -0.1) is 0 Å². The van der Waals surface area contributed by atoms with E-state index in [0.29, 0.717) is 0 Å². The number of ether oxygens (including phenoxy) is 3. The second-order valence-electron chi connectivity index (χ2n) is 5.25. The Morgan fingerprint density at radius 1 is 1.43 bits per heavy atom. The number of rotatable bonds is 2. The van der Waals surface area contributed by atoms with Crippen LogP contribution in [-0.4, -0.2) is 53.0 Å². The first-order valence-corrected chi connectivity index (χ1v) is 6.28. The molecule has 0 amide bonds. The maximum Gasteiger partial charge on any atom is 0.337 e. The number of methoxy groups -OCH3 is 1. The van der Waals surface area contributed by atoms with Gasteiger partial charge in [0.15, 0.2) is 0 Å². The zero-order valence-electron chi connectivity index (χ0n) is 11.7. The molecule has 0 bridgehead atoms. The molecule has 1 fully saturated rings. The van der Waals surface area contributed by atoms with Crippen molar-refractivity contribution < 1.29 is 38.8 Å². The number of carbonyl (C=O) groups excluding carboxylic acids is 3. The van der Waals surface area contributed by atoms with Crippen LogP contribution in [0, 0.1) is 11.8 Å². The van der Waals surface area contributed by atoms with Gasteiger partial charge >= 0.3 is 17.9 Å². The lowest BCUT2D eigenvalue weighted by atomic mass is 9.81. The number of fused-ring (bicyclic) bond motifs is 1. The summed E-state index contributed by atoms with van der Waals surface area (Å²) in [6.07, 6.45) is -1.89. The fourth-order valence-corrected chi connectivity index (χ4v) is 2.91. The fourth-order valence-electron chi connectivity index (χ4n) is 2.91. The standard InChI is InChI=1S/C13H16O8/c1-5(14)21-9-7-6(11(16)19-3)4-20-12(17)8(7)13(2,18)10(9)15/h4,7-10,15,18H,1-3H3/t7-,8-,9+,10+,13-/m1/s1. The molecule has 8 heteroatoms. The SMILES string of the molecule is COC(=O)C1=COC(=O)[C@H]2[C@@H]1[C@H](OC(C)=O)[C@H](O)[C@]2(C)O. The third kappa shape index (κ3) is 2.30. The lowest BCUT2D eigenvalue weighted by Crippen LogP contribution is -2.46. The number of cyclic esters (lactones) is 1. The topological polar surface area (TPSA) is 119 Å². The average molecular weight is 300 g/mol. The Kier molecular flexibility index (Phi) is 3.77. The van der Waals surface area contributed by atoms with Crippen LogP contribution in [0.4, 0.5) is 0 Å². The van der Waals surface area contributed by atoms with E-state index >= 15 is 0 Å². The lowest BCUT2D eigenvalue weighted by molar-refractivity contribution is -0.159. The Labute approximate surface area is 120 Å². The summed E-state index contributed by atoms with van der Waals surface area (Å²) >= 11 is 0. The number of hydrogen-bond acceptors (Lipinski definition) is 8. The van der Waals surface area contributed by atoms with E-state index in [0.717, 1.165) is 20.3 Å². The van der Waals surface area contributed by atoms with Crippen molar-refractivity contribution in [1.29, 1.82) is 0 Å². The zero-order chi connectivity index (χ0) is 15.9. The van der Waals surface area contributed by atoms with Gasteiger partial charge in [0.05, 0.1) is 24.5 Å². The van der Waals surface area contributed by atoms with Crippen molar-refractivity contribution in [2.45, 2.75) is 31.7 Å². The maximum absolute atomic E-state index is 11.9. The van der Waals surface area contributed by atoms with Crippen LogP contribution in [0.3, 0.4) is 0 Å². The Balaban J connectivity index is 2.50. The van der Waals surface area contributed by atoms with E-state index in [9.17, 15) is 24.6 Å². The minimum atomic E-state index is -1.91. The molecule has 0 spiro atoms. The molecule has 0 aromatic heterocycles. The van der Waals surface area contributed by atoms with Gasteiger partial charge in [0.25, 0.3) is 0 Å². The quantitative estimate of drug-likeness (QED) is 0.486. The molecule has 2 rings (SSSR count). The molecule has 0 aromatic carbocycles. The Morgan fingerprint density at radius 2 is 2.05 bits per heavy atom. The van der Waals surface area contributed by atoms with Crippen LogP contribution in [0.5, 0.6) is 0 Å². The first-order valence-electron chi connectivity index (χ1n) is 6.28. The van der Waals surface area contributed by atoms with Crippen molar-refractivity contribution in [3.05, 3.63) is 11.8 Å². The van der Waals surface area contributed by atoms with Gasteiger partial charge in [-0.25, -0.2) is 4.79 Å². The van der Waals surface area contributed by atoms with Crippen LogP contribution < -0.4 is 0 Å². The van der Waals surface area contributed by atoms with E-state index in [1.54, 1.807) is 0 Å². The van der Waals surface area contributed by atoms with Gasteiger partial charge in [0, 0.05) is 6.92 Å². The molecule has 116 valence electrons. The van der Waals surface area contributed by atoms with Crippen molar-refractivity contribution in [3.63, 3.8) is 0 Å². The summed E-state index contributed by atoms with van der Waals surface area (Å²) < 4.78 is 14.3. The third-order valence-electron chi connectivity index (χ3n) is 3.89. The molecule has 2 N–H and O–H groups in total. The monoisotopic (exact) mass is 300 g/mol. The average Bonchev–Trinajstić information content (AvgIpc) is 2.60. The predicted molar refractivity (Wildman–Crippen MR) is 65.4 cm³/mol. The minimum absolute atomic E-state index is 0.0785. The smallest absolute Gasteiger partial charge is 0.337 e. The van der Waals surface area contributed by atoms with Gasteiger partial charge in [-0.05, 0) is 6.92 Å². The number of esters is 3. The van der Waals surface area contributed by atoms with Crippen LogP contribution in [0.1, 0.15) is 13.8 Å². The third-order valence-corrected chi connectivity index (χ3v) is 3.89. The highest BCUT2D eigenvalue weighted by atomic mass is 16.6. The summed E-state index contributed by atoms with van der Waals surface area (Å²) in [5.74, 6) is -4.59. The van der Waals surface area contributed by atoms with Gasteiger partial charge in [-0.3, -0.25) is 9.59 Å². The van der Waals surface area contributed by atoms with E-state index in [4.69, 9.17) is 9.47 Å². The first kappa shape index (κ1) is 15.5. The van der Waals surface area contributed by atoms with Crippen LogP contribution in [-0.2, 0) is 28.6 Å². The normalized spacial score (nSPS) is 38.1. The molecule has 0 radical (unpaired) electrons. The summed E-state index contributed by atoms with van der Waals surface area (Å²) in [4.78, 5) is 34.9. The molecule has 2 aliphatic rings. The van der Waals surface area contributed by atoms with Crippen LogP contribution in [0.2, 0.25) is 0 Å². The molecule has 1 saturated carbocycles. The van der Waals surface area contributed by atoms with Crippen LogP contribution >= 0.6 is 0 Å². The molecule has 0 saturated heterocycles. The summed E-state index contributed by atoms with van der Waals surface area (Å²) in [6, 6.07) is 0. The van der Waals surface area contributed by atoms with Crippen molar-refractivity contribution in [2.75, 3.05) is 7.11 Å². The maximum atomic E-state index is 11.9. The number of aliphatic hydroxyl groups excluding tert-OH is 1. The summed E-state index contributed by atoms with van der Waals surface area (Å²) in [5, 5.41) is 20.5. The second-order valence-corrected chi connectivity index (χ2v) is 5.25. The second kappa shape index (κ2) is 5.12. The summed E-state index contributed by atoms with van der Waals surface area (Å²) in [5.41, 5.74) is -1.99. The van der Waals surface area contributed by atoms with Gasteiger partial charge in [0.2, 0.25) is 0 Å². The lowest BCUT2D eigenvalue weighted by Gasteiger charge is -2.30. The molecule has 0 unspecified atom stereocenters. The number of aliphatic hydroxyl groups is 2. The van der Waals surface area contributed by atoms with Crippen molar-refractivity contribution >= 4 is 17.9 Å². The molecule has 0 aromatic rings. The van der Waals surface area contributed by atoms with Gasteiger partial charge in [-0.1, -0.05) is 0 Å². The van der Waals surface area contributed by atoms with E-state index in [2.05, 4.69) is 4.74 Å². The first-order chi connectivity index (χ1) is 9.71. The molecule has 5 atom stereocenters. The molecule has 8 nitrogen and oxygen atoms in total. The largest absolute Gasteiger partial charge is 0.466 e. The zero-order valence-corrected chi connectivity index (χ0v) is 11.7. The minimum Gasteiger partial charge on any atom is -0.466 e. The highest BCUT2D eigenvalue weighted by Gasteiger charge is 2.65. The van der Waals surface area contributed by atoms with Crippen LogP contribution in [0.15, 0.2) is 11.8 Å². The fraction of sp³-hybridized carbons (Fsp3) is 0.615. The van der Waals surface area contributed by atoms with E-state index in [1.807, 2.05) is 0 Å². The van der Waals surface area contributed by atoms with Gasteiger partial charge < -0.3 is 24.4 Å². The summed E-state index contributed by atoms with van der Waals surface area (Å²) in [6.45, 7) is 2.34. The Hall–Kier alpha value is -1.93. The van der Waals surface area contributed by atoms with Crippen molar-refractivity contribution in [3.8, 4) is 0 Å². The Bertz CT molecular complexity index is 520. The molecular formula is C13H16O8. The Morgan fingerprint density at radius 3 is 2.57 bits per heavy atom. The highest BCUT2D eigenvalue weighted by Crippen LogP contribution is 2.48. The molecular weight excluding hydrogens is 284 g/mol. The molecule has 1 aliphatic heterocycles. The van der Waals surface area contributed by atoms with E-state index < -0.39 is 47.6 Å². The van der Waals surface area contributed by atoms with Crippen molar-refractivity contribution in [2.24, 2.45) is 11.8 Å².